The summed E-state index contributed by atoms with van der Waals surface area (Å²) in [6.45, 7) is -0.0953. The molecule has 0 radical (unpaired) electrons. The van der Waals surface area contributed by atoms with Gasteiger partial charge in [0.1, 0.15) is 11.5 Å². The van der Waals surface area contributed by atoms with Crippen LogP contribution in [0, 0.1) is 0 Å². The van der Waals surface area contributed by atoms with Gasteiger partial charge in [0.2, 0.25) is 6.79 Å². The van der Waals surface area contributed by atoms with Crippen molar-refractivity contribution >= 4 is 12.0 Å². The molecule has 2 N–H and O–H groups in total. The van der Waals surface area contributed by atoms with Crippen LogP contribution >= 0.6 is 0 Å². The summed E-state index contributed by atoms with van der Waals surface area (Å²) < 4.78 is 15.6. The summed E-state index contributed by atoms with van der Waals surface area (Å²) in [6.07, 6.45) is 2.76. The highest BCUT2D eigenvalue weighted by atomic mass is 16.7. The molecule has 1 heterocycles. The lowest BCUT2D eigenvalue weighted by Crippen LogP contribution is -2.03. The Hall–Kier alpha value is -2.99. The van der Waals surface area contributed by atoms with Crippen molar-refractivity contribution in [1.29, 1.82) is 0 Å². The molecule has 1 aliphatic heterocycles. The number of aliphatic hydroxyl groups excluding tert-OH is 1. The standard InChI is InChI=1S/C17H14O6.CH4/c18-9-12-3-1-11(7-14(12)19)2-6-17(20)23-13-4-5-15-16(8-13)22-10-21-15;/h1-8,18-19H,9-10H2;1H4/b6-2+;. The molecule has 0 amide bonds. The lowest BCUT2D eigenvalue weighted by Gasteiger charge is -2.03. The molecule has 2 aromatic rings. The van der Waals surface area contributed by atoms with Crippen molar-refractivity contribution in [3.63, 3.8) is 0 Å². The molecule has 0 bridgehead atoms. The van der Waals surface area contributed by atoms with Crippen LogP contribution in [-0.2, 0) is 11.4 Å². The van der Waals surface area contributed by atoms with Crippen LogP contribution < -0.4 is 14.2 Å². The van der Waals surface area contributed by atoms with Crippen molar-refractivity contribution in [2.45, 2.75) is 14.0 Å². The zero-order valence-corrected chi connectivity index (χ0v) is 12.1. The van der Waals surface area contributed by atoms with Gasteiger partial charge in [0.15, 0.2) is 11.5 Å². The average Bonchev–Trinajstić information content (AvgIpc) is 3.01. The van der Waals surface area contributed by atoms with Crippen LogP contribution in [-0.4, -0.2) is 23.0 Å². The van der Waals surface area contributed by atoms with E-state index in [1.54, 1.807) is 30.3 Å². The van der Waals surface area contributed by atoms with Crippen LogP contribution in [0.3, 0.4) is 0 Å². The Bertz CT molecular complexity index is 766. The molecule has 0 atom stereocenters. The van der Waals surface area contributed by atoms with Gasteiger partial charge in [-0.3, -0.25) is 0 Å². The van der Waals surface area contributed by atoms with Gasteiger partial charge in [-0.15, -0.1) is 0 Å². The number of ether oxygens (including phenoxy) is 3. The summed E-state index contributed by atoms with van der Waals surface area (Å²) in [6, 6.07) is 9.57. The van der Waals surface area contributed by atoms with Gasteiger partial charge in [0.25, 0.3) is 0 Å². The lowest BCUT2D eigenvalue weighted by atomic mass is 10.1. The van der Waals surface area contributed by atoms with Crippen LogP contribution in [0.4, 0.5) is 0 Å². The Balaban J connectivity index is 0.00000208. The second kappa shape index (κ2) is 7.52. The first-order valence-electron chi connectivity index (χ1n) is 6.88. The number of benzene rings is 2. The molecular weight excluding hydrogens is 312 g/mol. The number of rotatable bonds is 4. The monoisotopic (exact) mass is 330 g/mol. The summed E-state index contributed by atoms with van der Waals surface area (Å²) in [7, 11) is 0. The summed E-state index contributed by atoms with van der Waals surface area (Å²) in [5.74, 6) is 0.902. The molecule has 1 aliphatic rings. The Morgan fingerprint density at radius 2 is 1.96 bits per heavy atom. The molecular formula is C18H18O6. The van der Waals surface area contributed by atoms with Gasteiger partial charge in [-0.2, -0.15) is 0 Å². The van der Waals surface area contributed by atoms with E-state index in [1.807, 2.05) is 0 Å². The largest absolute Gasteiger partial charge is 0.508 e. The molecule has 0 spiro atoms. The number of phenols is 1. The minimum atomic E-state index is -0.561. The highest BCUT2D eigenvalue weighted by Gasteiger charge is 2.14. The van der Waals surface area contributed by atoms with Crippen molar-refractivity contribution in [2.75, 3.05) is 6.79 Å². The third-order valence-corrected chi connectivity index (χ3v) is 3.25. The van der Waals surface area contributed by atoms with Gasteiger partial charge in [-0.1, -0.05) is 19.6 Å². The van der Waals surface area contributed by atoms with Gasteiger partial charge < -0.3 is 24.4 Å². The number of aliphatic hydroxyl groups is 1. The topological polar surface area (TPSA) is 85.2 Å². The lowest BCUT2D eigenvalue weighted by molar-refractivity contribution is -0.128. The van der Waals surface area contributed by atoms with E-state index in [9.17, 15) is 9.90 Å². The van der Waals surface area contributed by atoms with Crippen molar-refractivity contribution in [3.05, 3.63) is 53.6 Å². The number of carbonyl (C=O) groups is 1. The zero-order valence-electron chi connectivity index (χ0n) is 12.1. The van der Waals surface area contributed by atoms with E-state index in [1.165, 1.54) is 18.2 Å². The van der Waals surface area contributed by atoms with Crippen molar-refractivity contribution in [1.82, 2.24) is 0 Å². The van der Waals surface area contributed by atoms with E-state index >= 15 is 0 Å². The fourth-order valence-corrected chi connectivity index (χ4v) is 2.07. The van der Waals surface area contributed by atoms with Gasteiger partial charge in [-0.05, 0) is 29.8 Å². The Morgan fingerprint density at radius 1 is 1.17 bits per heavy atom. The zero-order chi connectivity index (χ0) is 16.2. The molecule has 126 valence electrons. The average molecular weight is 330 g/mol. The third-order valence-electron chi connectivity index (χ3n) is 3.25. The number of aromatic hydroxyl groups is 1. The molecule has 0 saturated heterocycles. The minimum Gasteiger partial charge on any atom is -0.508 e. The number of fused-ring (bicyclic) bond motifs is 1. The molecule has 24 heavy (non-hydrogen) atoms. The molecule has 0 aliphatic carbocycles. The number of esters is 1. The molecule has 0 saturated carbocycles. The van der Waals surface area contributed by atoms with E-state index in [0.29, 0.717) is 28.4 Å². The molecule has 3 rings (SSSR count). The van der Waals surface area contributed by atoms with E-state index in [0.717, 1.165) is 0 Å². The van der Waals surface area contributed by atoms with Crippen LogP contribution in [0.2, 0.25) is 0 Å². The molecule has 0 aromatic heterocycles. The molecule has 6 nitrogen and oxygen atoms in total. The van der Waals surface area contributed by atoms with Crippen molar-refractivity contribution in [2.24, 2.45) is 0 Å². The van der Waals surface area contributed by atoms with Crippen LogP contribution in [0.25, 0.3) is 6.08 Å². The summed E-state index contributed by atoms with van der Waals surface area (Å²) >= 11 is 0. The van der Waals surface area contributed by atoms with Crippen LogP contribution in [0.5, 0.6) is 23.0 Å². The third kappa shape index (κ3) is 3.85. The predicted molar refractivity (Wildman–Crippen MR) is 88.0 cm³/mol. The second-order valence-corrected chi connectivity index (χ2v) is 4.82. The van der Waals surface area contributed by atoms with E-state index in [2.05, 4.69) is 0 Å². The first-order chi connectivity index (χ1) is 11.2. The fraction of sp³-hybridized carbons (Fsp3) is 0.167. The number of hydrogen-bond donors (Lipinski definition) is 2. The molecule has 0 fully saturated rings. The summed E-state index contributed by atoms with van der Waals surface area (Å²) in [5, 5.41) is 18.6. The van der Waals surface area contributed by atoms with Gasteiger partial charge in [0, 0.05) is 17.7 Å². The van der Waals surface area contributed by atoms with E-state index < -0.39 is 5.97 Å². The Labute approximate surface area is 139 Å². The van der Waals surface area contributed by atoms with E-state index in [-0.39, 0.29) is 26.6 Å². The minimum absolute atomic E-state index is 0. The smallest absolute Gasteiger partial charge is 0.336 e. The first kappa shape index (κ1) is 17.4. The maximum atomic E-state index is 11.8. The highest BCUT2D eigenvalue weighted by molar-refractivity contribution is 5.88. The quantitative estimate of drug-likeness (QED) is 0.509. The Morgan fingerprint density at radius 3 is 2.71 bits per heavy atom. The van der Waals surface area contributed by atoms with Gasteiger partial charge in [-0.25, -0.2) is 4.79 Å². The van der Waals surface area contributed by atoms with Crippen LogP contribution in [0.1, 0.15) is 18.6 Å². The van der Waals surface area contributed by atoms with Gasteiger partial charge in [0.05, 0.1) is 6.61 Å². The highest BCUT2D eigenvalue weighted by Crippen LogP contribution is 2.35. The Kier molecular flexibility index (Phi) is 5.44. The number of hydrogen-bond acceptors (Lipinski definition) is 6. The molecule has 2 aromatic carbocycles. The second-order valence-electron chi connectivity index (χ2n) is 4.82. The van der Waals surface area contributed by atoms with Crippen molar-refractivity contribution in [3.8, 4) is 23.0 Å². The van der Waals surface area contributed by atoms with Gasteiger partial charge >= 0.3 is 5.97 Å². The normalized spacial score (nSPS) is 12.0. The maximum absolute atomic E-state index is 11.8. The SMILES string of the molecule is C.O=C(/C=C/c1ccc(CO)c(O)c1)Oc1ccc2c(c1)OCO2. The molecule has 0 unspecified atom stereocenters. The first-order valence-corrected chi connectivity index (χ1v) is 6.88. The van der Waals surface area contributed by atoms with E-state index in [4.69, 9.17) is 19.3 Å². The fourth-order valence-electron chi connectivity index (χ4n) is 2.07. The predicted octanol–water partition coefficient (Wildman–Crippen LogP) is 2.87. The van der Waals surface area contributed by atoms with Crippen LogP contribution in [0.15, 0.2) is 42.5 Å². The summed E-state index contributed by atoms with van der Waals surface area (Å²) in [5.41, 5.74) is 1.03. The molecule has 6 heteroatoms. The maximum Gasteiger partial charge on any atom is 0.336 e. The van der Waals surface area contributed by atoms with Crippen molar-refractivity contribution < 1.29 is 29.2 Å². The number of carbonyl (C=O) groups excluding carboxylic acids is 1. The summed E-state index contributed by atoms with van der Waals surface area (Å²) in [4.78, 5) is 11.8.